The van der Waals surface area contributed by atoms with E-state index >= 15 is 0 Å². The molecule has 1 aromatic heterocycles. The molecule has 2 unspecified atom stereocenters. The molecule has 160 valence electrons. The topological polar surface area (TPSA) is 109 Å². The maximum atomic E-state index is 12.3. The summed E-state index contributed by atoms with van der Waals surface area (Å²) in [5.41, 5.74) is 14.1. The third-order valence-electron chi connectivity index (χ3n) is 5.41. The van der Waals surface area contributed by atoms with E-state index in [0.29, 0.717) is 23.4 Å². The summed E-state index contributed by atoms with van der Waals surface area (Å²) in [4.78, 5) is 14.1. The van der Waals surface area contributed by atoms with Crippen molar-refractivity contribution >= 4 is 11.8 Å². The van der Waals surface area contributed by atoms with Gasteiger partial charge in [-0.05, 0) is 64.5 Å². The van der Waals surface area contributed by atoms with Crippen molar-refractivity contribution in [3.8, 4) is 0 Å². The van der Waals surface area contributed by atoms with Crippen molar-refractivity contribution in [1.29, 1.82) is 0 Å². The average molecular weight is 404 g/mol. The molecule has 0 bridgehead atoms. The summed E-state index contributed by atoms with van der Waals surface area (Å²) in [6.45, 7) is 9.01. The fourth-order valence-corrected chi connectivity index (χ4v) is 4.19. The van der Waals surface area contributed by atoms with Gasteiger partial charge in [0.05, 0.1) is 5.69 Å². The predicted octanol–water partition coefficient (Wildman–Crippen LogP) is 2.49. The van der Waals surface area contributed by atoms with Crippen LogP contribution in [0.1, 0.15) is 44.9 Å². The van der Waals surface area contributed by atoms with E-state index in [1.165, 1.54) is 0 Å². The largest absolute Gasteiger partial charge is 0.476 e. The van der Waals surface area contributed by atoms with Crippen LogP contribution in [-0.4, -0.2) is 45.6 Å². The number of amides is 1. The first-order valence-corrected chi connectivity index (χ1v) is 10.1. The molecule has 8 nitrogen and oxygen atoms in total. The molecule has 0 aromatic carbocycles. The van der Waals surface area contributed by atoms with Crippen LogP contribution in [-0.2, 0) is 16.5 Å². The number of likely N-dealkylation sites (tertiary alicyclic amines) is 1. The maximum absolute atomic E-state index is 12.3. The van der Waals surface area contributed by atoms with Gasteiger partial charge in [0, 0.05) is 37.6 Å². The van der Waals surface area contributed by atoms with Crippen LogP contribution in [0.25, 0.3) is 5.70 Å². The number of nitrogens with two attached hydrogens (primary N) is 2. The van der Waals surface area contributed by atoms with Crippen molar-refractivity contribution in [2.45, 2.75) is 52.2 Å². The Kier molecular flexibility index (Phi) is 5.82. The minimum atomic E-state index is -0.469. The molecule has 1 aliphatic heterocycles. The SMILES string of the molecule is Cc1nn(C)cc1/C(N)=C/C=C(\N)OC1CC2CN(C(=O)OC(C)(C)C)CC2C1. The van der Waals surface area contributed by atoms with Crippen LogP contribution in [0.15, 0.2) is 24.2 Å². The molecule has 3 rings (SSSR count). The monoisotopic (exact) mass is 403 g/mol. The second-order valence-corrected chi connectivity index (χ2v) is 9.11. The standard InChI is InChI=1S/C21H33N5O3/c1-13-17(12-25(5)24-13)18(22)6-7-19(23)28-16-8-14-10-26(11-15(14)9-16)20(27)29-21(2,3)4/h6-7,12,14-16H,8-11,22-23H2,1-5H3/b18-6-,19-7+. The van der Waals surface area contributed by atoms with Crippen LogP contribution < -0.4 is 11.5 Å². The Balaban J connectivity index is 1.51. The lowest BCUT2D eigenvalue weighted by Gasteiger charge is -2.25. The molecule has 8 heteroatoms. The molecule has 2 aliphatic rings. The van der Waals surface area contributed by atoms with Crippen molar-refractivity contribution in [3.63, 3.8) is 0 Å². The zero-order valence-electron chi connectivity index (χ0n) is 18.0. The molecular formula is C21H33N5O3. The number of aromatic nitrogens is 2. The number of ether oxygens (including phenoxy) is 2. The van der Waals surface area contributed by atoms with Gasteiger partial charge in [-0.15, -0.1) is 0 Å². The molecule has 1 saturated carbocycles. The summed E-state index contributed by atoms with van der Waals surface area (Å²) >= 11 is 0. The van der Waals surface area contributed by atoms with Crippen LogP contribution >= 0.6 is 0 Å². The highest BCUT2D eigenvalue weighted by Gasteiger charge is 2.44. The smallest absolute Gasteiger partial charge is 0.410 e. The Bertz CT molecular complexity index is 807. The number of carbonyl (C=O) groups excluding carboxylic acids is 1. The van der Waals surface area contributed by atoms with Gasteiger partial charge < -0.3 is 25.8 Å². The van der Waals surface area contributed by atoms with Gasteiger partial charge >= 0.3 is 6.09 Å². The first kappa shape index (κ1) is 21.1. The van der Waals surface area contributed by atoms with E-state index < -0.39 is 5.60 Å². The van der Waals surface area contributed by atoms with Gasteiger partial charge in [0.2, 0.25) is 0 Å². The molecule has 29 heavy (non-hydrogen) atoms. The van der Waals surface area contributed by atoms with Crippen LogP contribution in [0.4, 0.5) is 4.79 Å². The molecule has 1 aromatic rings. The fourth-order valence-electron chi connectivity index (χ4n) is 4.19. The lowest BCUT2D eigenvalue weighted by molar-refractivity contribution is 0.0262. The second kappa shape index (κ2) is 8.00. The predicted molar refractivity (Wildman–Crippen MR) is 111 cm³/mol. The Labute approximate surface area is 172 Å². The molecule has 2 atom stereocenters. The third kappa shape index (κ3) is 5.25. The quantitative estimate of drug-likeness (QED) is 0.591. The number of hydrogen-bond acceptors (Lipinski definition) is 6. The van der Waals surface area contributed by atoms with Crippen molar-refractivity contribution in [2.75, 3.05) is 13.1 Å². The van der Waals surface area contributed by atoms with Gasteiger partial charge in [-0.3, -0.25) is 4.68 Å². The summed E-state index contributed by atoms with van der Waals surface area (Å²) in [7, 11) is 1.86. The molecule has 2 heterocycles. The highest BCUT2D eigenvalue weighted by molar-refractivity contribution is 5.68. The molecule has 1 aliphatic carbocycles. The average Bonchev–Trinajstić information content (AvgIpc) is 3.23. The van der Waals surface area contributed by atoms with Crippen LogP contribution in [0, 0.1) is 18.8 Å². The number of fused-ring (bicyclic) bond motifs is 1. The highest BCUT2D eigenvalue weighted by atomic mass is 16.6. The van der Waals surface area contributed by atoms with Crippen molar-refractivity contribution in [1.82, 2.24) is 14.7 Å². The van der Waals surface area contributed by atoms with Crippen LogP contribution in [0.3, 0.4) is 0 Å². The van der Waals surface area contributed by atoms with E-state index in [-0.39, 0.29) is 12.2 Å². The van der Waals surface area contributed by atoms with E-state index in [2.05, 4.69) is 5.10 Å². The summed E-state index contributed by atoms with van der Waals surface area (Å²) in [6, 6.07) is 0. The number of aryl methyl sites for hydroxylation is 2. The molecule has 0 radical (unpaired) electrons. The van der Waals surface area contributed by atoms with E-state index in [0.717, 1.165) is 37.2 Å². The van der Waals surface area contributed by atoms with Gasteiger partial charge in [0.15, 0.2) is 5.88 Å². The van der Waals surface area contributed by atoms with E-state index in [9.17, 15) is 4.79 Å². The normalized spacial score (nSPS) is 25.3. The first-order valence-electron chi connectivity index (χ1n) is 10.1. The molecule has 1 amide bonds. The van der Waals surface area contributed by atoms with Gasteiger partial charge in [-0.2, -0.15) is 5.10 Å². The fraction of sp³-hybridized carbons (Fsp3) is 0.619. The summed E-state index contributed by atoms with van der Waals surface area (Å²) in [5, 5.41) is 4.29. The zero-order valence-corrected chi connectivity index (χ0v) is 18.0. The van der Waals surface area contributed by atoms with Gasteiger partial charge in [0.25, 0.3) is 0 Å². The molecule has 1 saturated heterocycles. The molecule has 0 spiro atoms. The lowest BCUT2D eigenvalue weighted by Crippen LogP contribution is -2.36. The third-order valence-corrected chi connectivity index (χ3v) is 5.41. The number of nitrogens with zero attached hydrogens (tertiary/aromatic N) is 3. The number of allylic oxidation sites excluding steroid dienone is 2. The number of rotatable bonds is 4. The minimum absolute atomic E-state index is 0.0665. The number of hydrogen-bond donors (Lipinski definition) is 2. The second-order valence-electron chi connectivity index (χ2n) is 9.11. The van der Waals surface area contributed by atoms with E-state index in [1.807, 2.05) is 45.8 Å². The summed E-state index contributed by atoms with van der Waals surface area (Å²) in [5.74, 6) is 1.21. The Morgan fingerprint density at radius 3 is 2.34 bits per heavy atom. The van der Waals surface area contributed by atoms with Crippen LogP contribution in [0.2, 0.25) is 0 Å². The Morgan fingerprint density at radius 2 is 1.83 bits per heavy atom. The molecular weight excluding hydrogens is 370 g/mol. The van der Waals surface area contributed by atoms with E-state index in [4.69, 9.17) is 20.9 Å². The van der Waals surface area contributed by atoms with Crippen LogP contribution in [0.5, 0.6) is 0 Å². The molecule has 4 N–H and O–H groups in total. The summed E-state index contributed by atoms with van der Waals surface area (Å²) < 4.78 is 13.1. The van der Waals surface area contributed by atoms with Gasteiger partial charge in [-0.25, -0.2) is 4.79 Å². The maximum Gasteiger partial charge on any atom is 0.410 e. The minimum Gasteiger partial charge on any atom is -0.476 e. The van der Waals surface area contributed by atoms with Gasteiger partial charge in [0.1, 0.15) is 11.7 Å². The van der Waals surface area contributed by atoms with E-state index in [1.54, 1.807) is 16.8 Å². The highest BCUT2D eigenvalue weighted by Crippen LogP contribution is 2.40. The van der Waals surface area contributed by atoms with Crippen molar-refractivity contribution in [3.05, 3.63) is 35.5 Å². The number of carbonyl (C=O) groups is 1. The summed E-state index contributed by atoms with van der Waals surface area (Å²) in [6.07, 6.45) is 6.94. The zero-order chi connectivity index (χ0) is 21.3. The lowest BCUT2D eigenvalue weighted by atomic mass is 10.0. The first-order chi connectivity index (χ1) is 13.5. The molecule has 2 fully saturated rings. The van der Waals surface area contributed by atoms with Gasteiger partial charge in [-0.1, -0.05) is 0 Å². The Morgan fingerprint density at radius 1 is 1.21 bits per heavy atom. The Hall–Kier alpha value is -2.64. The van der Waals surface area contributed by atoms with Crippen molar-refractivity contribution < 1.29 is 14.3 Å². The van der Waals surface area contributed by atoms with Crippen molar-refractivity contribution in [2.24, 2.45) is 30.4 Å².